The molecule has 3 rings (SSSR count). The summed E-state index contributed by atoms with van der Waals surface area (Å²) in [6.07, 6.45) is 1.59. The van der Waals surface area contributed by atoms with Crippen molar-refractivity contribution < 1.29 is 23.1 Å². The minimum absolute atomic E-state index is 0.0934. The molecule has 2 aromatic carbocycles. The lowest BCUT2D eigenvalue weighted by atomic mass is 9.90. The molecule has 0 saturated carbocycles. The molecule has 32 heavy (non-hydrogen) atoms. The van der Waals surface area contributed by atoms with E-state index < -0.39 is 12.0 Å². The second-order valence-electron chi connectivity index (χ2n) is 9.17. The van der Waals surface area contributed by atoms with Gasteiger partial charge in [0.1, 0.15) is 5.75 Å². The van der Waals surface area contributed by atoms with Crippen LogP contribution in [0.15, 0.2) is 48.5 Å². The highest BCUT2D eigenvalue weighted by molar-refractivity contribution is 5.93. The number of alkyl halides is 2. The molecule has 172 valence electrons. The Kier molecular flexibility index (Phi) is 7.48. The maximum atomic E-state index is 12.8. The number of anilines is 1. The normalized spacial score (nSPS) is 15.0. The van der Waals surface area contributed by atoms with Crippen LogP contribution >= 0.6 is 0 Å². The van der Waals surface area contributed by atoms with Crippen LogP contribution in [-0.2, 0) is 16.0 Å². The van der Waals surface area contributed by atoms with Crippen LogP contribution < -0.4 is 10.1 Å². The van der Waals surface area contributed by atoms with Gasteiger partial charge in [-0.15, -0.1) is 0 Å². The summed E-state index contributed by atoms with van der Waals surface area (Å²) >= 11 is 0. The average molecular weight is 445 g/mol. The zero-order valence-corrected chi connectivity index (χ0v) is 18.7. The lowest BCUT2D eigenvalue weighted by Crippen LogP contribution is -2.45. The number of hydrogen-bond donors (Lipinski definition) is 1. The lowest BCUT2D eigenvalue weighted by molar-refractivity contribution is -0.142. The van der Waals surface area contributed by atoms with Crippen molar-refractivity contribution in [3.8, 4) is 5.75 Å². The number of carbonyl (C=O) groups excluding carboxylic acids is 2. The summed E-state index contributed by atoms with van der Waals surface area (Å²) in [5.74, 6) is -0.137. The van der Waals surface area contributed by atoms with E-state index in [1.165, 1.54) is 6.07 Å². The molecule has 1 aliphatic rings. The predicted molar refractivity (Wildman–Crippen MR) is 120 cm³/mol. The topological polar surface area (TPSA) is 58.6 Å². The van der Waals surface area contributed by atoms with Gasteiger partial charge >= 0.3 is 6.61 Å². The van der Waals surface area contributed by atoms with Crippen molar-refractivity contribution in [2.45, 2.75) is 46.6 Å². The van der Waals surface area contributed by atoms with Crippen LogP contribution in [0, 0.1) is 11.3 Å². The predicted octanol–water partition coefficient (Wildman–Crippen LogP) is 5.10. The van der Waals surface area contributed by atoms with E-state index in [-0.39, 0.29) is 23.5 Å². The number of nitrogens with zero attached hydrogens (tertiary/aromatic N) is 1. The molecule has 1 fully saturated rings. The Hall–Kier alpha value is -2.96. The quantitative estimate of drug-likeness (QED) is 0.674. The molecule has 0 aliphatic carbocycles. The highest BCUT2D eigenvalue weighted by atomic mass is 19.3. The first kappa shape index (κ1) is 23.7. The Morgan fingerprint density at radius 1 is 1.09 bits per heavy atom. The summed E-state index contributed by atoms with van der Waals surface area (Å²) in [7, 11) is 0. The molecule has 5 nitrogen and oxygen atoms in total. The van der Waals surface area contributed by atoms with Crippen molar-refractivity contribution in [1.82, 2.24) is 4.90 Å². The number of hydrogen-bond acceptors (Lipinski definition) is 3. The average Bonchev–Trinajstić information content (AvgIpc) is 2.75. The number of carbonyl (C=O) groups is 2. The van der Waals surface area contributed by atoms with E-state index in [1.54, 1.807) is 12.1 Å². The highest BCUT2D eigenvalue weighted by Gasteiger charge is 2.32. The molecule has 7 heteroatoms. The van der Waals surface area contributed by atoms with Crippen LogP contribution in [0.5, 0.6) is 5.75 Å². The Balaban J connectivity index is 1.67. The maximum absolute atomic E-state index is 12.8. The van der Waals surface area contributed by atoms with E-state index in [4.69, 9.17) is 0 Å². The largest absolute Gasteiger partial charge is 0.435 e. The molecule has 1 heterocycles. The lowest BCUT2D eigenvalue weighted by Gasteiger charge is -2.35. The highest BCUT2D eigenvalue weighted by Crippen LogP contribution is 2.29. The monoisotopic (exact) mass is 444 g/mol. The van der Waals surface area contributed by atoms with E-state index in [1.807, 2.05) is 56.0 Å². The van der Waals surface area contributed by atoms with Crippen LogP contribution in [0.1, 0.15) is 44.7 Å². The molecule has 0 radical (unpaired) electrons. The smallest absolute Gasteiger partial charge is 0.387 e. The van der Waals surface area contributed by atoms with Crippen LogP contribution in [0.4, 0.5) is 14.5 Å². The molecule has 0 spiro atoms. The van der Waals surface area contributed by atoms with Crippen LogP contribution in [0.2, 0.25) is 0 Å². The van der Waals surface area contributed by atoms with Crippen LogP contribution in [-0.4, -0.2) is 36.4 Å². The summed E-state index contributed by atoms with van der Waals surface area (Å²) in [6, 6.07) is 14.2. The molecule has 1 N–H and O–H groups in total. The molecule has 1 aliphatic heterocycles. The second-order valence-corrected chi connectivity index (χ2v) is 9.17. The Morgan fingerprint density at radius 2 is 1.75 bits per heavy atom. The standard InChI is InChI=1S/C25H30F2N2O3/c1-25(2,3)23(31)29-13-11-18(12-14-29)22(30)28-20-9-10-21(32-24(26)27)19(16-20)15-17-7-5-4-6-8-17/h4-10,16,18,24H,11-15H2,1-3H3,(H,28,30). The molecule has 2 aromatic rings. The summed E-state index contributed by atoms with van der Waals surface area (Å²) in [4.78, 5) is 27.1. The van der Waals surface area contributed by atoms with Gasteiger partial charge in [0, 0.05) is 42.1 Å². The number of ether oxygens (including phenoxy) is 1. The number of nitrogens with one attached hydrogen (secondary N) is 1. The van der Waals surface area contributed by atoms with Crippen molar-refractivity contribution in [3.63, 3.8) is 0 Å². The van der Waals surface area contributed by atoms with E-state index in [2.05, 4.69) is 10.1 Å². The van der Waals surface area contributed by atoms with Crippen molar-refractivity contribution >= 4 is 17.5 Å². The fraction of sp³-hybridized carbons (Fsp3) is 0.440. The number of amides is 2. The Labute approximate surface area is 187 Å². The number of benzene rings is 2. The number of halogens is 2. The molecule has 0 atom stereocenters. The molecule has 0 aromatic heterocycles. The summed E-state index contributed by atoms with van der Waals surface area (Å²) in [5.41, 5.74) is 1.62. The fourth-order valence-corrected chi connectivity index (χ4v) is 3.89. The zero-order valence-electron chi connectivity index (χ0n) is 18.7. The van der Waals surface area contributed by atoms with Gasteiger partial charge in [0.05, 0.1) is 0 Å². The van der Waals surface area contributed by atoms with Crippen LogP contribution in [0.3, 0.4) is 0 Å². The molecule has 2 amide bonds. The van der Waals surface area contributed by atoms with Gasteiger partial charge in [-0.25, -0.2) is 0 Å². The molecule has 1 saturated heterocycles. The minimum Gasteiger partial charge on any atom is -0.435 e. The van der Waals surface area contributed by atoms with Gasteiger partial charge in [0.2, 0.25) is 11.8 Å². The molecular formula is C25H30F2N2O3. The zero-order chi connectivity index (χ0) is 23.3. The van der Waals surface area contributed by atoms with Gasteiger partial charge in [-0.3, -0.25) is 9.59 Å². The summed E-state index contributed by atoms with van der Waals surface area (Å²) < 4.78 is 30.3. The third kappa shape index (κ3) is 6.28. The molecule has 0 bridgehead atoms. The van der Waals surface area contributed by atoms with Gasteiger partial charge in [-0.1, -0.05) is 51.1 Å². The summed E-state index contributed by atoms with van der Waals surface area (Å²) in [5, 5.41) is 2.91. The minimum atomic E-state index is -2.93. The third-order valence-corrected chi connectivity index (χ3v) is 5.58. The third-order valence-electron chi connectivity index (χ3n) is 5.58. The SMILES string of the molecule is CC(C)(C)C(=O)N1CCC(C(=O)Nc2ccc(OC(F)F)c(Cc3ccccc3)c2)CC1. The van der Waals surface area contributed by atoms with Gasteiger partial charge in [-0.05, 0) is 36.6 Å². The van der Waals surface area contributed by atoms with E-state index in [0.29, 0.717) is 43.6 Å². The van der Waals surface area contributed by atoms with E-state index >= 15 is 0 Å². The Morgan fingerprint density at radius 3 is 2.34 bits per heavy atom. The second kappa shape index (κ2) is 10.1. The van der Waals surface area contributed by atoms with Crippen molar-refractivity contribution in [3.05, 3.63) is 59.7 Å². The number of piperidine rings is 1. The molecule has 0 unspecified atom stereocenters. The van der Waals surface area contributed by atoms with Gasteiger partial charge in [-0.2, -0.15) is 8.78 Å². The summed E-state index contributed by atoms with van der Waals surface area (Å²) in [6.45, 7) is 3.85. The first-order chi connectivity index (χ1) is 15.1. The Bertz CT molecular complexity index is 934. The van der Waals surface area contributed by atoms with Gasteiger partial charge in [0.25, 0.3) is 0 Å². The number of rotatable bonds is 6. The van der Waals surface area contributed by atoms with Crippen LogP contribution in [0.25, 0.3) is 0 Å². The number of likely N-dealkylation sites (tertiary alicyclic amines) is 1. The van der Waals surface area contributed by atoms with E-state index in [0.717, 1.165) is 5.56 Å². The van der Waals surface area contributed by atoms with Gasteiger partial charge < -0.3 is 15.0 Å². The van der Waals surface area contributed by atoms with Crippen molar-refractivity contribution in [2.75, 3.05) is 18.4 Å². The molecular weight excluding hydrogens is 414 g/mol. The fourth-order valence-electron chi connectivity index (χ4n) is 3.89. The van der Waals surface area contributed by atoms with E-state index in [9.17, 15) is 18.4 Å². The first-order valence-corrected chi connectivity index (χ1v) is 10.9. The maximum Gasteiger partial charge on any atom is 0.387 e. The van der Waals surface area contributed by atoms with Gasteiger partial charge in [0.15, 0.2) is 0 Å². The van der Waals surface area contributed by atoms with Crippen molar-refractivity contribution in [1.29, 1.82) is 0 Å². The van der Waals surface area contributed by atoms with Crippen molar-refractivity contribution in [2.24, 2.45) is 11.3 Å². The first-order valence-electron chi connectivity index (χ1n) is 10.9.